The van der Waals surface area contributed by atoms with E-state index in [-0.39, 0.29) is 6.10 Å². The van der Waals surface area contributed by atoms with Crippen molar-refractivity contribution in [1.82, 2.24) is 4.57 Å². The van der Waals surface area contributed by atoms with E-state index in [0.29, 0.717) is 6.04 Å². The average Bonchev–Trinajstić information content (AvgIpc) is 2.86. The molecule has 1 aromatic rings. The van der Waals surface area contributed by atoms with Crippen molar-refractivity contribution < 1.29 is 5.11 Å². The van der Waals surface area contributed by atoms with E-state index in [2.05, 4.69) is 30.7 Å². The molecule has 1 aromatic heterocycles. The van der Waals surface area contributed by atoms with Gasteiger partial charge in [-0.1, -0.05) is 13.8 Å². The third kappa shape index (κ3) is 1.74. The summed E-state index contributed by atoms with van der Waals surface area (Å²) in [5.41, 5.74) is 2.61. The van der Waals surface area contributed by atoms with Crippen LogP contribution >= 0.6 is 0 Å². The zero-order valence-electron chi connectivity index (χ0n) is 10.9. The van der Waals surface area contributed by atoms with Gasteiger partial charge in [-0.05, 0) is 50.0 Å². The van der Waals surface area contributed by atoms with Gasteiger partial charge >= 0.3 is 0 Å². The van der Waals surface area contributed by atoms with Crippen molar-refractivity contribution >= 4 is 0 Å². The lowest BCUT2D eigenvalue weighted by Gasteiger charge is -2.26. The van der Waals surface area contributed by atoms with Crippen LogP contribution in [0.1, 0.15) is 62.9 Å². The number of rotatable bonds is 1. The monoisotopic (exact) mass is 233 g/mol. The van der Waals surface area contributed by atoms with Crippen LogP contribution in [0.4, 0.5) is 0 Å². The molecule has 2 nitrogen and oxygen atoms in total. The first-order chi connectivity index (χ1) is 8.18. The first kappa shape index (κ1) is 11.3. The van der Waals surface area contributed by atoms with Gasteiger partial charge in [-0.15, -0.1) is 0 Å². The zero-order chi connectivity index (χ0) is 12.0. The summed E-state index contributed by atoms with van der Waals surface area (Å²) in [5, 5.41) is 10.0. The van der Waals surface area contributed by atoms with Crippen molar-refractivity contribution in [3.05, 3.63) is 23.5 Å². The minimum absolute atomic E-state index is 0.214. The zero-order valence-corrected chi connectivity index (χ0v) is 10.9. The molecule has 2 heteroatoms. The Morgan fingerprint density at radius 3 is 2.76 bits per heavy atom. The van der Waals surface area contributed by atoms with Gasteiger partial charge in [-0.3, -0.25) is 0 Å². The van der Waals surface area contributed by atoms with Gasteiger partial charge in [0.05, 0.1) is 6.10 Å². The topological polar surface area (TPSA) is 25.2 Å². The number of hydrogen-bond acceptors (Lipinski definition) is 1. The van der Waals surface area contributed by atoms with E-state index in [9.17, 15) is 5.11 Å². The van der Waals surface area contributed by atoms with E-state index in [1.54, 1.807) is 0 Å². The van der Waals surface area contributed by atoms with E-state index < -0.39 is 0 Å². The Hall–Kier alpha value is -0.760. The summed E-state index contributed by atoms with van der Waals surface area (Å²) in [5.74, 6) is 1.61. The van der Waals surface area contributed by atoms with E-state index in [4.69, 9.17) is 0 Å². The van der Waals surface area contributed by atoms with E-state index in [1.165, 1.54) is 24.1 Å². The Morgan fingerprint density at radius 2 is 2.06 bits per heavy atom. The molecule has 4 unspecified atom stereocenters. The molecule has 0 radical (unpaired) electrons. The number of hydrogen-bond donors (Lipinski definition) is 1. The van der Waals surface area contributed by atoms with Crippen LogP contribution in [0.25, 0.3) is 0 Å². The van der Waals surface area contributed by atoms with Crippen LogP contribution < -0.4 is 0 Å². The van der Waals surface area contributed by atoms with Crippen LogP contribution in [0.15, 0.2) is 12.3 Å². The molecule has 2 aliphatic carbocycles. The van der Waals surface area contributed by atoms with Gasteiger partial charge in [0.2, 0.25) is 0 Å². The molecule has 17 heavy (non-hydrogen) atoms. The smallest absolute Gasteiger partial charge is 0.0807 e. The largest absolute Gasteiger partial charge is 0.388 e. The Bertz CT molecular complexity index is 409. The molecule has 0 bridgehead atoms. The summed E-state index contributed by atoms with van der Waals surface area (Å²) in [6.07, 6.45) is 7.88. The highest BCUT2D eigenvalue weighted by atomic mass is 16.3. The molecular formula is C15H23NO. The van der Waals surface area contributed by atoms with E-state index in [1.807, 2.05) is 0 Å². The molecule has 0 aromatic carbocycles. The molecule has 0 amide bonds. The summed E-state index contributed by atoms with van der Waals surface area (Å²) in [7, 11) is 0. The standard InChI is InChI=1S/C15H23NO/c1-10-6-7-13(11(10)2)16-9-8-12-14(16)4-3-5-15(12)17/h8-11,13,15,17H,3-7H2,1-2H3. The average molecular weight is 233 g/mol. The lowest BCUT2D eigenvalue weighted by Crippen LogP contribution is -2.18. The summed E-state index contributed by atoms with van der Waals surface area (Å²) in [6, 6.07) is 2.81. The Morgan fingerprint density at radius 1 is 1.24 bits per heavy atom. The highest BCUT2D eigenvalue weighted by molar-refractivity contribution is 5.28. The van der Waals surface area contributed by atoms with E-state index >= 15 is 0 Å². The molecule has 1 N–H and O–H groups in total. The third-order valence-electron chi connectivity index (χ3n) is 5.09. The van der Waals surface area contributed by atoms with Crippen molar-refractivity contribution in [3.8, 4) is 0 Å². The number of nitrogens with zero attached hydrogens (tertiary/aromatic N) is 1. The fraction of sp³-hybridized carbons (Fsp3) is 0.733. The lowest BCUT2D eigenvalue weighted by molar-refractivity contribution is 0.155. The lowest BCUT2D eigenvalue weighted by atomic mass is 9.94. The Balaban J connectivity index is 1.94. The second kappa shape index (κ2) is 4.16. The molecule has 3 rings (SSSR count). The van der Waals surface area contributed by atoms with Gasteiger partial charge in [0.1, 0.15) is 0 Å². The number of aromatic nitrogens is 1. The molecule has 4 atom stereocenters. The molecule has 0 spiro atoms. The van der Waals surface area contributed by atoms with Crippen LogP contribution in [-0.4, -0.2) is 9.67 Å². The molecule has 1 heterocycles. The molecule has 2 aliphatic rings. The maximum atomic E-state index is 10.0. The maximum Gasteiger partial charge on any atom is 0.0807 e. The third-order valence-corrected chi connectivity index (χ3v) is 5.09. The van der Waals surface area contributed by atoms with Gasteiger partial charge in [-0.2, -0.15) is 0 Å². The highest BCUT2D eigenvalue weighted by Gasteiger charge is 2.33. The number of fused-ring (bicyclic) bond motifs is 1. The second-order valence-corrected chi connectivity index (χ2v) is 6.01. The fourth-order valence-electron chi connectivity index (χ4n) is 3.73. The molecular weight excluding hydrogens is 210 g/mol. The molecule has 0 saturated heterocycles. The van der Waals surface area contributed by atoms with Crippen LogP contribution in [-0.2, 0) is 6.42 Å². The van der Waals surface area contributed by atoms with Crippen molar-refractivity contribution in [3.63, 3.8) is 0 Å². The van der Waals surface area contributed by atoms with Crippen LogP contribution in [0, 0.1) is 11.8 Å². The van der Waals surface area contributed by atoms with Gasteiger partial charge in [0.15, 0.2) is 0 Å². The van der Waals surface area contributed by atoms with Gasteiger partial charge < -0.3 is 9.67 Å². The second-order valence-electron chi connectivity index (χ2n) is 6.01. The maximum absolute atomic E-state index is 10.0. The molecule has 1 fully saturated rings. The van der Waals surface area contributed by atoms with Crippen molar-refractivity contribution in [2.24, 2.45) is 11.8 Å². The Labute approximate surface area is 104 Å². The fourth-order valence-corrected chi connectivity index (χ4v) is 3.73. The minimum Gasteiger partial charge on any atom is -0.388 e. The van der Waals surface area contributed by atoms with Crippen LogP contribution in [0.5, 0.6) is 0 Å². The van der Waals surface area contributed by atoms with Crippen molar-refractivity contribution in [2.75, 3.05) is 0 Å². The first-order valence-electron chi connectivity index (χ1n) is 7.06. The molecule has 1 saturated carbocycles. The SMILES string of the molecule is CC1CCC(n2ccc3c2CCCC3O)C1C. The van der Waals surface area contributed by atoms with Gasteiger partial charge in [0, 0.05) is 23.5 Å². The highest BCUT2D eigenvalue weighted by Crippen LogP contribution is 2.42. The number of aliphatic hydroxyl groups excluding tert-OH is 1. The quantitative estimate of drug-likeness (QED) is 0.789. The summed E-state index contributed by atoms with van der Waals surface area (Å²) >= 11 is 0. The summed E-state index contributed by atoms with van der Waals surface area (Å²) in [4.78, 5) is 0. The predicted octanol–water partition coefficient (Wildman–Crippen LogP) is 3.46. The first-order valence-corrected chi connectivity index (χ1v) is 7.06. The van der Waals surface area contributed by atoms with Crippen molar-refractivity contribution in [1.29, 1.82) is 0 Å². The Kier molecular flexibility index (Phi) is 2.78. The molecule has 94 valence electrons. The minimum atomic E-state index is -0.214. The van der Waals surface area contributed by atoms with Crippen LogP contribution in [0.2, 0.25) is 0 Å². The van der Waals surface area contributed by atoms with E-state index in [0.717, 1.165) is 31.1 Å². The summed E-state index contributed by atoms with van der Waals surface area (Å²) in [6.45, 7) is 4.75. The predicted molar refractivity (Wildman–Crippen MR) is 68.9 cm³/mol. The van der Waals surface area contributed by atoms with Gasteiger partial charge in [-0.25, -0.2) is 0 Å². The normalized spacial score (nSPS) is 37.1. The van der Waals surface area contributed by atoms with Crippen molar-refractivity contribution in [2.45, 2.75) is 58.1 Å². The summed E-state index contributed by atoms with van der Waals surface area (Å²) < 4.78 is 2.48. The number of aliphatic hydroxyl groups is 1. The van der Waals surface area contributed by atoms with Gasteiger partial charge in [0.25, 0.3) is 0 Å². The van der Waals surface area contributed by atoms with Crippen LogP contribution in [0.3, 0.4) is 0 Å². The molecule has 0 aliphatic heterocycles.